The van der Waals surface area contributed by atoms with Crippen LogP contribution in [0.2, 0.25) is 0 Å². The van der Waals surface area contributed by atoms with E-state index in [9.17, 15) is 9.59 Å². The quantitative estimate of drug-likeness (QED) is 0.316. The Bertz CT molecular complexity index is 1560. The van der Waals surface area contributed by atoms with E-state index in [0.717, 1.165) is 44.5 Å². The number of aliphatic imine (C=N–C) groups is 1. The Morgan fingerprint density at radius 2 is 1.91 bits per heavy atom. The Morgan fingerprint density at radius 3 is 2.59 bits per heavy atom. The minimum absolute atomic E-state index is 0.0211. The molecule has 2 fully saturated rings. The monoisotopic (exact) mass is 626 g/mol. The molecule has 2 aromatic rings. The van der Waals surface area contributed by atoms with Crippen molar-refractivity contribution in [1.82, 2.24) is 14.7 Å². The molecule has 9 heteroatoms. The molecule has 1 saturated heterocycles. The molecule has 0 spiro atoms. The van der Waals surface area contributed by atoms with Crippen molar-refractivity contribution in [3.8, 4) is 11.5 Å². The van der Waals surface area contributed by atoms with Crippen molar-refractivity contribution in [1.29, 1.82) is 0 Å². The van der Waals surface area contributed by atoms with Gasteiger partial charge in [0, 0.05) is 49.6 Å². The van der Waals surface area contributed by atoms with Crippen LogP contribution in [-0.2, 0) is 16.0 Å². The van der Waals surface area contributed by atoms with E-state index in [1.807, 2.05) is 47.9 Å². The molecule has 0 bridgehead atoms. The lowest BCUT2D eigenvalue weighted by Crippen LogP contribution is -2.50. The van der Waals surface area contributed by atoms with Crippen molar-refractivity contribution < 1.29 is 23.5 Å². The first kappa shape index (κ1) is 31.6. The van der Waals surface area contributed by atoms with Crippen LogP contribution in [0.1, 0.15) is 69.4 Å². The van der Waals surface area contributed by atoms with E-state index >= 15 is 4.39 Å². The summed E-state index contributed by atoms with van der Waals surface area (Å²) in [6.45, 7) is 9.63. The number of benzene rings is 2. The van der Waals surface area contributed by atoms with Gasteiger partial charge >= 0.3 is 0 Å². The third-order valence-corrected chi connectivity index (χ3v) is 9.52. The summed E-state index contributed by atoms with van der Waals surface area (Å²) in [4.78, 5) is 37.5. The maximum Gasteiger partial charge on any atom is 0.264 e. The van der Waals surface area contributed by atoms with Crippen LogP contribution in [0, 0.1) is 11.7 Å². The predicted molar refractivity (Wildman–Crippen MR) is 176 cm³/mol. The van der Waals surface area contributed by atoms with Crippen LogP contribution in [-0.4, -0.2) is 64.7 Å². The summed E-state index contributed by atoms with van der Waals surface area (Å²) < 4.78 is 27.4. The number of nitrogens with zero attached hydrogens (tertiary/aromatic N) is 4. The first-order chi connectivity index (χ1) is 22.3. The summed E-state index contributed by atoms with van der Waals surface area (Å²) >= 11 is 0. The van der Waals surface area contributed by atoms with Gasteiger partial charge in [0.25, 0.3) is 5.91 Å². The zero-order chi connectivity index (χ0) is 32.2. The Morgan fingerprint density at radius 1 is 1.15 bits per heavy atom. The second-order valence-corrected chi connectivity index (χ2v) is 12.7. The number of hydrogen-bond donors (Lipinski definition) is 0. The second kappa shape index (κ2) is 13.9. The van der Waals surface area contributed by atoms with Gasteiger partial charge in [-0.2, -0.15) is 4.99 Å². The van der Waals surface area contributed by atoms with E-state index in [1.54, 1.807) is 17.2 Å². The molecule has 1 saturated carbocycles. The summed E-state index contributed by atoms with van der Waals surface area (Å²) in [5.74, 6) is 1.06. The fraction of sp³-hybridized carbons (Fsp3) is 0.432. The lowest BCUT2D eigenvalue weighted by Gasteiger charge is -2.39. The minimum atomic E-state index is -0.791. The molecular formula is C37H43FN4O4. The number of hydrogen-bond acceptors (Lipinski definition) is 6. The molecular weight excluding hydrogens is 583 g/mol. The zero-order valence-corrected chi connectivity index (χ0v) is 26.8. The second-order valence-electron chi connectivity index (χ2n) is 12.7. The maximum atomic E-state index is 15.2. The van der Waals surface area contributed by atoms with Crippen molar-refractivity contribution >= 4 is 17.7 Å². The summed E-state index contributed by atoms with van der Waals surface area (Å²) in [7, 11) is 0. The van der Waals surface area contributed by atoms with Crippen LogP contribution < -0.4 is 9.47 Å². The molecule has 2 atom stereocenters. The van der Waals surface area contributed by atoms with E-state index in [4.69, 9.17) is 9.47 Å². The number of halogens is 1. The van der Waals surface area contributed by atoms with Crippen LogP contribution in [0.5, 0.6) is 11.5 Å². The van der Waals surface area contributed by atoms with Gasteiger partial charge in [-0.05, 0) is 81.6 Å². The highest BCUT2D eigenvalue weighted by molar-refractivity contribution is 5.91. The van der Waals surface area contributed by atoms with Gasteiger partial charge < -0.3 is 24.2 Å². The van der Waals surface area contributed by atoms with Crippen LogP contribution in [0.15, 0.2) is 83.9 Å². The van der Waals surface area contributed by atoms with E-state index in [2.05, 4.69) is 23.7 Å². The van der Waals surface area contributed by atoms with Crippen LogP contribution in [0.4, 0.5) is 4.39 Å². The van der Waals surface area contributed by atoms with Crippen molar-refractivity contribution in [2.45, 2.75) is 70.8 Å². The molecule has 8 nitrogen and oxygen atoms in total. The lowest BCUT2D eigenvalue weighted by atomic mass is 9.72. The Labute approximate surface area is 270 Å². The molecule has 1 aliphatic carbocycles. The number of aryl methyl sites for hydroxylation is 1. The summed E-state index contributed by atoms with van der Waals surface area (Å²) in [6, 6.07) is 13.2. The van der Waals surface area contributed by atoms with Crippen molar-refractivity contribution in [2.24, 2.45) is 10.9 Å². The molecule has 2 amide bonds. The van der Waals surface area contributed by atoms with Gasteiger partial charge in [-0.3, -0.25) is 9.59 Å². The number of amides is 2. The highest BCUT2D eigenvalue weighted by atomic mass is 19.1. The van der Waals surface area contributed by atoms with Gasteiger partial charge in [-0.15, -0.1) is 0 Å². The van der Waals surface area contributed by atoms with Gasteiger partial charge in [-0.1, -0.05) is 43.3 Å². The van der Waals surface area contributed by atoms with Crippen molar-refractivity contribution in [3.63, 3.8) is 0 Å². The van der Waals surface area contributed by atoms with Gasteiger partial charge in [0.15, 0.2) is 17.7 Å². The van der Waals surface area contributed by atoms with Crippen molar-refractivity contribution in [2.75, 3.05) is 26.2 Å². The maximum absolute atomic E-state index is 15.2. The number of ether oxygens (including phenoxy) is 2. The number of carbonyl (C=O) groups is 2. The summed E-state index contributed by atoms with van der Waals surface area (Å²) in [5, 5.41) is 0. The average molecular weight is 627 g/mol. The number of allylic oxidation sites excluding steroid dienone is 2. The topological polar surface area (TPSA) is 74.7 Å². The number of fused-ring (bicyclic) bond motifs is 1. The highest BCUT2D eigenvalue weighted by Gasteiger charge is 2.37. The first-order valence-electron chi connectivity index (χ1n) is 16.5. The molecule has 0 radical (unpaired) electrons. The number of rotatable bonds is 9. The van der Waals surface area contributed by atoms with Crippen molar-refractivity contribution in [3.05, 3.63) is 95.9 Å². The number of likely N-dealkylation sites (tertiary alicyclic amines) is 1. The lowest BCUT2D eigenvalue weighted by molar-refractivity contribution is -0.145. The van der Waals surface area contributed by atoms with Crippen LogP contribution in [0.3, 0.4) is 0 Å². The van der Waals surface area contributed by atoms with Gasteiger partial charge in [0.1, 0.15) is 11.6 Å². The molecule has 0 aromatic heterocycles. The van der Waals surface area contributed by atoms with Crippen LogP contribution in [0.25, 0.3) is 0 Å². The summed E-state index contributed by atoms with van der Waals surface area (Å²) in [5.41, 5.74) is 2.65. The SMILES string of the molecule is C=C(C)N1C=CC(Oc2cc3c(cc2F)CCC(C(=O)N(CC(=O)N2CCCC2)CC(c2ccccc2)C2CCC2)O3)=N/C1=C/C. The highest BCUT2D eigenvalue weighted by Crippen LogP contribution is 2.40. The summed E-state index contributed by atoms with van der Waals surface area (Å²) in [6.07, 6.45) is 10.7. The fourth-order valence-corrected chi connectivity index (χ4v) is 6.72. The van der Waals surface area contributed by atoms with Gasteiger partial charge in [-0.25, -0.2) is 4.39 Å². The molecule has 0 N–H and O–H groups in total. The Hall–Kier alpha value is -4.40. The minimum Gasteiger partial charge on any atom is -0.480 e. The molecule has 2 unspecified atom stereocenters. The smallest absolute Gasteiger partial charge is 0.264 e. The van der Waals surface area contributed by atoms with Gasteiger partial charge in [0.05, 0.1) is 6.54 Å². The third-order valence-electron chi connectivity index (χ3n) is 9.52. The molecule has 242 valence electrons. The normalized spacial score (nSPS) is 20.8. The molecule has 6 rings (SSSR count). The van der Waals surface area contributed by atoms with E-state index in [-0.39, 0.29) is 35.9 Å². The average Bonchev–Trinajstić information content (AvgIpc) is 3.59. The Kier molecular flexibility index (Phi) is 9.56. The molecule has 4 aliphatic rings. The third kappa shape index (κ3) is 6.88. The molecule has 2 aromatic carbocycles. The molecule has 46 heavy (non-hydrogen) atoms. The van der Waals surface area contributed by atoms with E-state index < -0.39 is 11.9 Å². The van der Waals surface area contributed by atoms with Crippen LogP contribution >= 0.6 is 0 Å². The number of carbonyl (C=O) groups excluding carboxylic acids is 2. The molecule has 3 heterocycles. The standard InChI is InChI=1S/C37H43FN4O4/c1-4-34-39-35(17-20-42(34)25(2)3)46-33-22-32-28(21-30(33)38)15-16-31(45-32)37(44)41(24-36(43)40-18-8-9-19-40)23-29(27-13-10-14-27)26-11-6-5-7-12-26/h4-7,11-12,17,20-22,27,29,31H,2,8-10,13-16,18-19,23-24H2,1,3H3/b34-4-. The molecule has 3 aliphatic heterocycles. The largest absolute Gasteiger partial charge is 0.480 e. The Balaban J connectivity index is 1.22. The zero-order valence-electron chi connectivity index (χ0n) is 26.8. The van der Waals surface area contributed by atoms with Gasteiger partial charge in [0.2, 0.25) is 11.8 Å². The van der Waals surface area contributed by atoms with E-state index in [1.165, 1.54) is 24.1 Å². The fourth-order valence-electron chi connectivity index (χ4n) is 6.72. The van der Waals surface area contributed by atoms with E-state index in [0.29, 0.717) is 42.4 Å². The first-order valence-corrected chi connectivity index (χ1v) is 16.5. The predicted octanol–water partition coefficient (Wildman–Crippen LogP) is 6.56.